The van der Waals surface area contributed by atoms with Crippen LogP contribution >= 0.6 is 0 Å². The van der Waals surface area contributed by atoms with E-state index in [1.54, 1.807) is 7.11 Å². The molecule has 0 saturated carbocycles. The summed E-state index contributed by atoms with van der Waals surface area (Å²) < 4.78 is 16.6. The number of nitrogens with one attached hydrogen (secondary N) is 1. The van der Waals surface area contributed by atoms with E-state index in [-0.39, 0.29) is 6.10 Å². The van der Waals surface area contributed by atoms with Crippen LogP contribution in [0.5, 0.6) is 11.5 Å². The molecular weight excluding hydrogens is 218 g/mol. The molecule has 1 aromatic rings. The van der Waals surface area contributed by atoms with Crippen molar-refractivity contribution >= 4 is 0 Å². The number of rotatable bonds is 4. The Morgan fingerprint density at radius 2 is 2.18 bits per heavy atom. The molecule has 0 aliphatic carbocycles. The molecular formula is C13H19NO3. The first-order chi connectivity index (χ1) is 8.33. The van der Waals surface area contributed by atoms with Crippen LogP contribution in [0.3, 0.4) is 0 Å². The first kappa shape index (κ1) is 12.2. The van der Waals surface area contributed by atoms with Gasteiger partial charge in [-0.2, -0.15) is 0 Å². The lowest BCUT2D eigenvalue weighted by molar-refractivity contribution is -0.0129. The van der Waals surface area contributed by atoms with Crippen molar-refractivity contribution in [3.05, 3.63) is 24.3 Å². The zero-order valence-electron chi connectivity index (χ0n) is 10.3. The zero-order valence-corrected chi connectivity index (χ0v) is 10.3. The smallest absolute Gasteiger partial charge is 0.137 e. The summed E-state index contributed by atoms with van der Waals surface area (Å²) in [6.07, 6.45) is 1.03. The highest BCUT2D eigenvalue weighted by Crippen LogP contribution is 2.22. The maximum absolute atomic E-state index is 5.93. The summed E-state index contributed by atoms with van der Waals surface area (Å²) in [4.78, 5) is 0. The largest absolute Gasteiger partial charge is 0.497 e. The van der Waals surface area contributed by atoms with Gasteiger partial charge in [0, 0.05) is 18.7 Å². The lowest BCUT2D eigenvalue weighted by atomic mass is 10.1. The SMILES string of the molecule is CNC1CCOCC1Oc1cccc(OC)c1. The standard InChI is InChI=1S/C13H19NO3/c1-14-12-6-7-16-9-13(12)17-11-5-3-4-10(8-11)15-2/h3-5,8,12-14H,6-7,9H2,1-2H3. The van der Waals surface area contributed by atoms with Gasteiger partial charge in [0.2, 0.25) is 0 Å². The quantitative estimate of drug-likeness (QED) is 0.860. The second kappa shape index (κ2) is 5.89. The van der Waals surface area contributed by atoms with Gasteiger partial charge in [-0.05, 0) is 25.6 Å². The molecule has 0 radical (unpaired) electrons. The molecule has 1 saturated heterocycles. The first-order valence-corrected chi connectivity index (χ1v) is 5.89. The van der Waals surface area contributed by atoms with Gasteiger partial charge in [0.1, 0.15) is 17.6 Å². The van der Waals surface area contributed by atoms with Crippen LogP contribution < -0.4 is 14.8 Å². The minimum atomic E-state index is 0.0563. The number of methoxy groups -OCH3 is 1. The second-order valence-electron chi connectivity index (χ2n) is 4.09. The van der Waals surface area contributed by atoms with E-state index in [9.17, 15) is 0 Å². The van der Waals surface area contributed by atoms with Gasteiger partial charge in [0.05, 0.1) is 13.7 Å². The van der Waals surface area contributed by atoms with E-state index < -0.39 is 0 Å². The predicted octanol–water partition coefficient (Wildman–Crippen LogP) is 1.45. The van der Waals surface area contributed by atoms with Crippen molar-refractivity contribution in [2.75, 3.05) is 27.4 Å². The highest BCUT2D eigenvalue weighted by atomic mass is 16.5. The van der Waals surface area contributed by atoms with E-state index in [2.05, 4.69) is 5.32 Å². The van der Waals surface area contributed by atoms with Crippen molar-refractivity contribution in [3.8, 4) is 11.5 Å². The summed E-state index contributed by atoms with van der Waals surface area (Å²) in [5.74, 6) is 1.63. The van der Waals surface area contributed by atoms with Gasteiger partial charge in [0.25, 0.3) is 0 Å². The Morgan fingerprint density at radius 3 is 2.94 bits per heavy atom. The van der Waals surface area contributed by atoms with Crippen LogP contribution in [0.15, 0.2) is 24.3 Å². The molecule has 4 heteroatoms. The summed E-state index contributed by atoms with van der Waals surface area (Å²) in [6.45, 7) is 1.42. The van der Waals surface area contributed by atoms with Gasteiger partial charge in [-0.25, -0.2) is 0 Å². The van der Waals surface area contributed by atoms with E-state index in [4.69, 9.17) is 14.2 Å². The van der Waals surface area contributed by atoms with Crippen molar-refractivity contribution < 1.29 is 14.2 Å². The minimum absolute atomic E-state index is 0.0563. The molecule has 4 nitrogen and oxygen atoms in total. The maximum Gasteiger partial charge on any atom is 0.137 e. The fourth-order valence-electron chi connectivity index (χ4n) is 2.01. The third-order valence-electron chi connectivity index (χ3n) is 3.00. The van der Waals surface area contributed by atoms with E-state index in [0.717, 1.165) is 24.5 Å². The molecule has 0 bridgehead atoms. The van der Waals surface area contributed by atoms with E-state index in [1.807, 2.05) is 31.3 Å². The molecule has 1 N–H and O–H groups in total. The molecule has 2 rings (SSSR count). The average Bonchev–Trinajstić information content (AvgIpc) is 2.39. The third kappa shape index (κ3) is 3.11. The van der Waals surface area contributed by atoms with Crippen LogP contribution in [0.25, 0.3) is 0 Å². The Morgan fingerprint density at radius 1 is 1.35 bits per heavy atom. The maximum atomic E-state index is 5.93. The molecule has 1 aliphatic rings. The highest BCUT2D eigenvalue weighted by Gasteiger charge is 2.26. The van der Waals surface area contributed by atoms with Gasteiger partial charge in [0.15, 0.2) is 0 Å². The van der Waals surface area contributed by atoms with Gasteiger partial charge in [-0.15, -0.1) is 0 Å². The Labute approximate surface area is 102 Å². The molecule has 0 aromatic heterocycles. The number of likely N-dealkylation sites (N-methyl/N-ethyl adjacent to an activating group) is 1. The predicted molar refractivity (Wildman–Crippen MR) is 65.7 cm³/mol. The van der Waals surface area contributed by atoms with Gasteiger partial charge >= 0.3 is 0 Å². The van der Waals surface area contributed by atoms with Crippen LogP contribution in [0.1, 0.15) is 6.42 Å². The van der Waals surface area contributed by atoms with E-state index in [0.29, 0.717) is 12.6 Å². The van der Waals surface area contributed by atoms with Crippen molar-refractivity contribution in [2.45, 2.75) is 18.6 Å². The fraction of sp³-hybridized carbons (Fsp3) is 0.538. The summed E-state index contributed by atoms with van der Waals surface area (Å²) in [5.41, 5.74) is 0. The van der Waals surface area contributed by atoms with Crippen molar-refractivity contribution in [3.63, 3.8) is 0 Å². The van der Waals surface area contributed by atoms with Crippen LogP contribution in [0.2, 0.25) is 0 Å². The molecule has 0 amide bonds. The van der Waals surface area contributed by atoms with Gasteiger partial charge in [-0.1, -0.05) is 6.07 Å². The lowest BCUT2D eigenvalue weighted by Gasteiger charge is -2.31. The summed E-state index contributed by atoms with van der Waals surface area (Å²) in [5, 5.41) is 3.27. The van der Waals surface area contributed by atoms with E-state index in [1.165, 1.54) is 0 Å². The molecule has 1 aliphatic heterocycles. The Balaban J connectivity index is 2.02. The lowest BCUT2D eigenvalue weighted by Crippen LogP contribution is -2.48. The number of ether oxygens (including phenoxy) is 3. The summed E-state index contributed by atoms with van der Waals surface area (Å²) in [6, 6.07) is 7.99. The fourth-order valence-corrected chi connectivity index (χ4v) is 2.01. The number of hydrogen-bond acceptors (Lipinski definition) is 4. The van der Waals surface area contributed by atoms with Crippen LogP contribution in [-0.4, -0.2) is 39.5 Å². The summed E-state index contributed by atoms with van der Waals surface area (Å²) >= 11 is 0. The Kier molecular flexibility index (Phi) is 4.23. The van der Waals surface area contributed by atoms with Gasteiger partial charge in [-0.3, -0.25) is 0 Å². The Bertz CT molecular complexity index is 356. The number of hydrogen-bond donors (Lipinski definition) is 1. The van der Waals surface area contributed by atoms with Crippen LogP contribution in [-0.2, 0) is 4.74 Å². The molecule has 0 spiro atoms. The molecule has 2 atom stereocenters. The highest BCUT2D eigenvalue weighted by molar-refractivity contribution is 5.33. The van der Waals surface area contributed by atoms with E-state index >= 15 is 0 Å². The molecule has 2 unspecified atom stereocenters. The molecule has 1 fully saturated rings. The Hall–Kier alpha value is -1.26. The monoisotopic (exact) mass is 237 g/mol. The van der Waals surface area contributed by atoms with Crippen molar-refractivity contribution in [1.29, 1.82) is 0 Å². The molecule has 1 aromatic carbocycles. The minimum Gasteiger partial charge on any atom is -0.497 e. The molecule has 94 valence electrons. The average molecular weight is 237 g/mol. The topological polar surface area (TPSA) is 39.7 Å². The number of benzene rings is 1. The van der Waals surface area contributed by atoms with Crippen LogP contribution in [0, 0.1) is 0 Å². The molecule has 1 heterocycles. The van der Waals surface area contributed by atoms with Crippen LogP contribution in [0.4, 0.5) is 0 Å². The normalized spacial score (nSPS) is 24.4. The second-order valence-corrected chi connectivity index (χ2v) is 4.09. The van der Waals surface area contributed by atoms with Gasteiger partial charge < -0.3 is 19.5 Å². The van der Waals surface area contributed by atoms with Crippen molar-refractivity contribution in [1.82, 2.24) is 5.32 Å². The zero-order chi connectivity index (χ0) is 12.1. The first-order valence-electron chi connectivity index (χ1n) is 5.89. The third-order valence-corrected chi connectivity index (χ3v) is 3.00. The summed E-state index contributed by atoms with van der Waals surface area (Å²) in [7, 11) is 3.61. The molecule has 17 heavy (non-hydrogen) atoms. The van der Waals surface area contributed by atoms with Crippen molar-refractivity contribution in [2.24, 2.45) is 0 Å².